The molecule has 2 aromatic heterocycles. The molecule has 10 heteroatoms. The van der Waals surface area contributed by atoms with Crippen LogP contribution in [0.15, 0.2) is 75.4 Å². The molecule has 41 heavy (non-hydrogen) atoms. The standard InChI is InChI=1S/C31H27FN4O4S/c1-18-25(13-14-34-29(18)32)21-9-11-24(12-10-21)41(39,40)28-30(37)35-26(16-19-5-6-19)36(31(28)38)27(22-7-8-22)23-4-2-3-20(15-23)17-33/h2-4,9-15,19,22,27,37H,5-8,16H2,1H3/t27-/m0/s1. The molecule has 8 nitrogen and oxygen atoms in total. The van der Waals surface area contributed by atoms with Crippen LogP contribution >= 0.6 is 0 Å². The maximum absolute atomic E-state index is 14.2. The fourth-order valence-corrected chi connectivity index (χ4v) is 6.73. The van der Waals surface area contributed by atoms with E-state index in [4.69, 9.17) is 0 Å². The van der Waals surface area contributed by atoms with Gasteiger partial charge in [-0.05, 0) is 91.5 Å². The average Bonchev–Trinajstić information content (AvgIpc) is 3.89. The molecule has 0 bridgehead atoms. The number of rotatable bonds is 8. The van der Waals surface area contributed by atoms with E-state index in [1.807, 2.05) is 6.07 Å². The molecule has 2 heterocycles. The lowest BCUT2D eigenvalue weighted by Gasteiger charge is -2.24. The SMILES string of the molecule is Cc1c(-c2ccc(S(=O)(=O)c3c(O)nc(CC4CC4)n([C@H](c4cccc(C#N)c4)C4CC4)c3=O)cc2)ccnc1F. The number of hydrogen-bond donors (Lipinski definition) is 1. The summed E-state index contributed by atoms with van der Waals surface area (Å²) in [6, 6.07) is 15.9. The second-order valence-electron chi connectivity index (χ2n) is 10.8. The Labute approximate surface area is 236 Å². The van der Waals surface area contributed by atoms with Crippen molar-refractivity contribution >= 4 is 9.84 Å². The first kappa shape index (κ1) is 26.8. The number of benzene rings is 2. The lowest BCUT2D eigenvalue weighted by molar-refractivity contribution is 0.399. The minimum atomic E-state index is -4.49. The van der Waals surface area contributed by atoms with E-state index in [1.165, 1.54) is 35.0 Å². The molecule has 2 aliphatic carbocycles. The summed E-state index contributed by atoms with van der Waals surface area (Å²) < 4.78 is 43.2. The molecule has 0 aliphatic heterocycles. The van der Waals surface area contributed by atoms with Gasteiger partial charge in [0.05, 0.1) is 22.6 Å². The Morgan fingerprint density at radius 2 is 1.85 bits per heavy atom. The van der Waals surface area contributed by atoms with Gasteiger partial charge in [0.1, 0.15) is 5.82 Å². The zero-order chi connectivity index (χ0) is 28.9. The summed E-state index contributed by atoms with van der Waals surface area (Å²) in [7, 11) is -4.49. The van der Waals surface area contributed by atoms with Gasteiger partial charge in [-0.2, -0.15) is 14.6 Å². The molecule has 0 unspecified atom stereocenters. The fraction of sp³-hybridized carbons (Fsp3) is 0.290. The molecule has 1 N–H and O–H groups in total. The van der Waals surface area contributed by atoms with E-state index in [0.717, 1.165) is 31.2 Å². The van der Waals surface area contributed by atoms with Crippen LogP contribution in [0, 0.1) is 36.0 Å². The summed E-state index contributed by atoms with van der Waals surface area (Å²) in [5, 5.41) is 20.4. The Bertz CT molecular complexity index is 1870. The van der Waals surface area contributed by atoms with Gasteiger partial charge in [-0.3, -0.25) is 9.36 Å². The highest BCUT2D eigenvalue weighted by molar-refractivity contribution is 7.91. The van der Waals surface area contributed by atoms with Crippen LogP contribution in [0.3, 0.4) is 0 Å². The average molecular weight is 571 g/mol. The molecular formula is C31H27FN4O4S. The number of sulfone groups is 1. The van der Waals surface area contributed by atoms with Crippen molar-refractivity contribution < 1.29 is 17.9 Å². The Morgan fingerprint density at radius 3 is 2.51 bits per heavy atom. The van der Waals surface area contributed by atoms with Gasteiger partial charge in [0, 0.05) is 18.2 Å². The zero-order valence-electron chi connectivity index (χ0n) is 22.3. The highest BCUT2D eigenvalue weighted by atomic mass is 32.2. The third-order valence-electron chi connectivity index (χ3n) is 7.89. The predicted molar refractivity (Wildman–Crippen MR) is 148 cm³/mol. The third kappa shape index (κ3) is 5.02. The van der Waals surface area contributed by atoms with E-state index in [9.17, 15) is 28.0 Å². The molecule has 2 aromatic carbocycles. The van der Waals surface area contributed by atoms with Crippen molar-refractivity contribution in [3.05, 3.63) is 99.6 Å². The van der Waals surface area contributed by atoms with E-state index in [0.29, 0.717) is 40.4 Å². The van der Waals surface area contributed by atoms with Crippen molar-refractivity contribution in [3.8, 4) is 23.1 Å². The van der Waals surface area contributed by atoms with Gasteiger partial charge >= 0.3 is 0 Å². The first-order chi connectivity index (χ1) is 19.7. The summed E-state index contributed by atoms with van der Waals surface area (Å²) >= 11 is 0. The van der Waals surface area contributed by atoms with Gasteiger partial charge in [0.25, 0.3) is 5.56 Å². The Balaban J connectivity index is 1.49. The molecule has 6 rings (SSSR count). The molecule has 0 radical (unpaired) electrons. The first-order valence-corrected chi connectivity index (χ1v) is 15.0. The van der Waals surface area contributed by atoms with Crippen LogP contribution < -0.4 is 5.56 Å². The van der Waals surface area contributed by atoms with Crippen LogP contribution in [0.5, 0.6) is 5.88 Å². The van der Waals surface area contributed by atoms with Crippen molar-refractivity contribution in [2.75, 3.05) is 0 Å². The normalized spacial score (nSPS) is 15.8. The summed E-state index contributed by atoms with van der Waals surface area (Å²) in [6.45, 7) is 1.58. The first-order valence-electron chi connectivity index (χ1n) is 13.5. The van der Waals surface area contributed by atoms with Crippen LogP contribution in [0.4, 0.5) is 4.39 Å². The summed E-state index contributed by atoms with van der Waals surface area (Å²) in [5.41, 5.74) is 1.80. The van der Waals surface area contributed by atoms with Crippen molar-refractivity contribution in [1.29, 1.82) is 5.26 Å². The molecule has 0 amide bonds. The maximum atomic E-state index is 14.2. The summed E-state index contributed by atoms with van der Waals surface area (Å²) in [5.74, 6) is -0.705. The Morgan fingerprint density at radius 1 is 1.12 bits per heavy atom. The minimum absolute atomic E-state index is 0.0739. The minimum Gasteiger partial charge on any atom is -0.492 e. The number of halogens is 1. The van der Waals surface area contributed by atoms with Crippen molar-refractivity contribution in [3.63, 3.8) is 0 Å². The van der Waals surface area contributed by atoms with Gasteiger partial charge in [-0.25, -0.2) is 13.4 Å². The molecular weight excluding hydrogens is 543 g/mol. The topological polar surface area (TPSA) is 126 Å². The second kappa shape index (κ2) is 10.2. The number of aromatic nitrogens is 3. The van der Waals surface area contributed by atoms with Crippen molar-refractivity contribution in [2.45, 2.75) is 54.9 Å². The van der Waals surface area contributed by atoms with Crippen molar-refractivity contribution in [1.82, 2.24) is 14.5 Å². The number of nitriles is 1. The van der Waals surface area contributed by atoms with E-state index in [2.05, 4.69) is 16.0 Å². The smallest absolute Gasteiger partial charge is 0.277 e. The lowest BCUT2D eigenvalue weighted by atomic mass is 9.99. The third-order valence-corrected chi connectivity index (χ3v) is 9.68. The van der Waals surface area contributed by atoms with Gasteiger partial charge in [-0.15, -0.1) is 0 Å². The molecule has 2 aliphatic rings. The zero-order valence-corrected chi connectivity index (χ0v) is 23.1. The van der Waals surface area contributed by atoms with Gasteiger partial charge in [0.15, 0.2) is 4.90 Å². The predicted octanol–water partition coefficient (Wildman–Crippen LogP) is 5.11. The highest BCUT2D eigenvalue weighted by Gasteiger charge is 2.39. The van der Waals surface area contributed by atoms with Crippen LogP contribution in [0.2, 0.25) is 0 Å². The maximum Gasteiger partial charge on any atom is 0.277 e. The van der Waals surface area contributed by atoms with E-state index >= 15 is 0 Å². The Hall–Kier alpha value is -4.36. The quantitative estimate of drug-likeness (QED) is 0.292. The molecule has 2 fully saturated rings. The lowest BCUT2D eigenvalue weighted by Crippen LogP contribution is -2.34. The number of pyridine rings is 1. The van der Waals surface area contributed by atoms with E-state index < -0.39 is 38.2 Å². The van der Waals surface area contributed by atoms with Crippen LogP contribution in [-0.2, 0) is 16.3 Å². The van der Waals surface area contributed by atoms with E-state index in [1.54, 1.807) is 31.2 Å². The Kier molecular flexibility index (Phi) is 6.70. The molecule has 208 valence electrons. The van der Waals surface area contributed by atoms with Crippen LogP contribution in [0.1, 0.15) is 54.2 Å². The second-order valence-corrected chi connectivity index (χ2v) is 12.7. The molecule has 4 aromatic rings. The molecule has 0 spiro atoms. The van der Waals surface area contributed by atoms with E-state index in [-0.39, 0.29) is 10.8 Å². The molecule has 2 saturated carbocycles. The summed E-state index contributed by atoms with van der Waals surface area (Å²) in [4.78, 5) is 21.1. The fourth-order valence-electron chi connectivity index (χ4n) is 5.39. The monoisotopic (exact) mass is 570 g/mol. The number of aromatic hydroxyl groups is 1. The molecule has 0 saturated heterocycles. The van der Waals surface area contributed by atoms with Gasteiger partial charge in [0.2, 0.25) is 21.7 Å². The van der Waals surface area contributed by atoms with Crippen molar-refractivity contribution in [2.24, 2.45) is 11.8 Å². The largest absolute Gasteiger partial charge is 0.492 e. The molecule has 1 atom stereocenters. The van der Waals surface area contributed by atoms with Gasteiger partial charge < -0.3 is 5.11 Å². The van der Waals surface area contributed by atoms with Crippen LogP contribution in [0.25, 0.3) is 11.1 Å². The number of hydrogen-bond acceptors (Lipinski definition) is 7. The summed E-state index contributed by atoms with van der Waals surface area (Å²) in [6.07, 6.45) is 5.41. The number of nitrogens with zero attached hydrogens (tertiary/aromatic N) is 4. The highest BCUT2D eigenvalue weighted by Crippen LogP contribution is 2.45. The van der Waals surface area contributed by atoms with Crippen LogP contribution in [-0.4, -0.2) is 28.1 Å². The van der Waals surface area contributed by atoms with Gasteiger partial charge in [-0.1, -0.05) is 24.3 Å².